The normalized spacial score (nSPS) is 39.8. The first kappa shape index (κ1) is 14.8. The van der Waals surface area contributed by atoms with Crippen LogP contribution >= 0.6 is 0 Å². The van der Waals surface area contributed by atoms with Gasteiger partial charge in [-0.15, -0.1) is 0 Å². The van der Waals surface area contributed by atoms with Crippen molar-refractivity contribution in [2.45, 2.75) is 64.5 Å². The molecule has 5 heteroatoms. The average molecular weight is 293 g/mol. The number of hydrogen-bond donors (Lipinski definition) is 3. The molecule has 4 fully saturated rings. The molecule has 0 saturated heterocycles. The van der Waals surface area contributed by atoms with Crippen LogP contribution in [0.1, 0.15) is 52.4 Å². The van der Waals surface area contributed by atoms with Crippen LogP contribution in [0.5, 0.6) is 0 Å². The smallest absolute Gasteiger partial charge is 0.318 e. The van der Waals surface area contributed by atoms with E-state index in [0.29, 0.717) is 11.5 Å². The zero-order valence-electron chi connectivity index (χ0n) is 13.0. The number of carbonyl (C=O) groups excluding carboxylic acids is 2. The first-order chi connectivity index (χ1) is 9.88. The molecule has 21 heavy (non-hydrogen) atoms. The van der Waals surface area contributed by atoms with Gasteiger partial charge in [-0.05, 0) is 75.5 Å². The van der Waals surface area contributed by atoms with Gasteiger partial charge in [0, 0.05) is 6.04 Å². The van der Waals surface area contributed by atoms with Crippen LogP contribution < -0.4 is 16.4 Å². The predicted octanol–water partition coefficient (Wildman–Crippen LogP) is 1.76. The van der Waals surface area contributed by atoms with Crippen molar-refractivity contribution in [3.63, 3.8) is 0 Å². The number of carbonyl (C=O) groups is 2. The van der Waals surface area contributed by atoms with Crippen LogP contribution in [-0.2, 0) is 4.79 Å². The molecule has 4 bridgehead atoms. The van der Waals surface area contributed by atoms with E-state index in [9.17, 15) is 9.59 Å². The van der Waals surface area contributed by atoms with Crippen LogP contribution in [0.3, 0.4) is 0 Å². The fraction of sp³-hybridized carbons (Fsp3) is 0.875. The van der Waals surface area contributed by atoms with E-state index in [2.05, 4.69) is 17.6 Å². The number of nitrogens with one attached hydrogen (secondary N) is 2. The minimum atomic E-state index is -0.781. The molecule has 4 aliphatic rings. The lowest BCUT2D eigenvalue weighted by molar-refractivity contribution is -0.122. The second kappa shape index (κ2) is 5.27. The number of urea groups is 1. The van der Waals surface area contributed by atoms with Gasteiger partial charge >= 0.3 is 6.03 Å². The molecule has 0 spiro atoms. The van der Waals surface area contributed by atoms with Gasteiger partial charge in [0.05, 0.1) is 6.04 Å². The Morgan fingerprint density at radius 1 is 1.05 bits per heavy atom. The number of nitrogens with two attached hydrogens (primary N) is 1. The minimum absolute atomic E-state index is 0.305. The van der Waals surface area contributed by atoms with E-state index < -0.39 is 6.03 Å². The van der Waals surface area contributed by atoms with Gasteiger partial charge < -0.3 is 11.1 Å². The van der Waals surface area contributed by atoms with Gasteiger partial charge in [0.1, 0.15) is 0 Å². The molecule has 0 aliphatic heterocycles. The predicted molar refractivity (Wildman–Crippen MR) is 80.4 cm³/mol. The minimum Gasteiger partial charge on any atom is -0.351 e. The largest absolute Gasteiger partial charge is 0.351 e. The van der Waals surface area contributed by atoms with Crippen molar-refractivity contribution in [2.75, 3.05) is 0 Å². The van der Waals surface area contributed by atoms with E-state index in [1.54, 1.807) is 6.92 Å². The molecule has 0 aromatic heterocycles. The number of hydrogen-bond acceptors (Lipinski definition) is 3. The van der Waals surface area contributed by atoms with Crippen LogP contribution in [-0.4, -0.2) is 24.0 Å². The summed E-state index contributed by atoms with van der Waals surface area (Å²) in [6.07, 6.45) is 8.17. The summed E-state index contributed by atoms with van der Waals surface area (Å²) >= 11 is 0. The highest BCUT2D eigenvalue weighted by atomic mass is 16.2. The summed E-state index contributed by atoms with van der Waals surface area (Å²) in [6, 6.07) is -0.865. The van der Waals surface area contributed by atoms with Crippen molar-refractivity contribution in [3.05, 3.63) is 0 Å². The Morgan fingerprint density at radius 2 is 1.52 bits per heavy atom. The average Bonchev–Trinajstić information content (AvgIpc) is 2.35. The Morgan fingerprint density at radius 3 is 1.95 bits per heavy atom. The molecule has 4 saturated carbocycles. The molecular formula is C16H27N3O2. The van der Waals surface area contributed by atoms with Crippen LogP contribution in [0.15, 0.2) is 0 Å². The molecule has 0 aromatic rings. The standard InChI is InChI=1S/C16H27N3O2/c1-9(14(20)19-15(17)21)18-10(2)16-6-11-3-12(7-16)5-13(4-11)8-16/h9-13,18H,3-8H2,1-2H3,(H3,17,19,20,21)/t9-,10-,11?,12?,13?,16?/m0/s1. The maximum absolute atomic E-state index is 11.8. The van der Waals surface area contributed by atoms with Crippen LogP contribution in [0.25, 0.3) is 0 Å². The van der Waals surface area contributed by atoms with Crippen LogP contribution in [0.2, 0.25) is 0 Å². The summed E-state index contributed by atoms with van der Waals surface area (Å²) < 4.78 is 0. The highest BCUT2D eigenvalue weighted by molar-refractivity contribution is 5.96. The Hall–Kier alpha value is -1.10. The maximum atomic E-state index is 11.8. The molecule has 4 rings (SSSR count). The lowest BCUT2D eigenvalue weighted by Crippen LogP contribution is -2.58. The second-order valence-electron chi connectivity index (χ2n) is 7.74. The SMILES string of the molecule is C[C@H](N[C@@H](C)C12CC3CC(CC(C3)C1)C2)C(=O)NC(N)=O. The molecule has 0 aromatic carbocycles. The first-order valence-electron chi connectivity index (χ1n) is 8.24. The van der Waals surface area contributed by atoms with Crippen molar-refractivity contribution < 1.29 is 9.59 Å². The Labute approximate surface area is 126 Å². The highest BCUT2D eigenvalue weighted by Crippen LogP contribution is 2.61. The first-order valence-corrected chi connectivity index (χ1v) is 8.24. The summed E-state index contributed by atoms with van der Waals surface area (Å²) in [5, 5.41) is 5.58. The third-order valence-corrected chi connectivity index (χ3v) is 6.14. The number of rotatable bonds is 4. The van der Waals surface area contributed by atoms with Crippen LogP contribution in [0, 0.1) is 23.2 Å². The molecule has 5 nitrogen and oxygen atoms in total. The summed E-state index contributed by atoms with van der Waals surface area (Å²) in [7, 11) is 0. The lowest BCUT2D eigenvalue weighted by Gasteiger charge is -2.59. The van der Waals surface area contributed by atoms with E-state index in [1.165, 1.54) is 38.5 Å². The monoisotopic (exact) mass is 293 g/mol. The van der Waals surface area contributed by atoms with Gasteiger partial charge in [-0.2, -0.15) is 0 Å². The second-order valence-corrected chi connectivity index (χ2v) is 7.74. The number of amides is 3. The lowest BCUT2D eigenvalue weighted by atomic mass is 9.48. The summed E-state index contributed by atoms with van der Waals surface area (Å²) in [5.74, 6) is 2.36. The Balaban J connectivity index is 1.64. The zero-order valence-corrected chi connectivity index (χ0v) is 13.0. The molecule has 2 atom stereocenters. The van der Waals surface area contributed by atoms with E-state index >= 15 is 0 Å². The summed E-state index contributed by atoms with van der Waals surface area (Å²) in [5.41, 5.74) is 5.37. The fourth-order valence-electron chi connectivity index (χ4n) is 5.57. The van der Waals surface area contributed by atoms with Gasteiger partial charge in [-0.1, -0.05) is 0 Å². The van der Waals surface area contributed by atoms with E-state index in [1.807, 2.05) is 0 Å². The fourth-order valence-corrected chi connectivity index (χ4v) is 5.57. The third-order valence-electron chi connectivity index (χ3n) is 6.14. The quantitative estimate of drug-likeness (QED) is 0.738. The maximum Gasteiger partial charge on any atom is 0.318 e. The summed E-state index contributed by atoms with van der Waals surface area (Å²) in [4.78, 5) is 22.6. The van der Waals surface area contributed by atoms with Gasteiger partial charge in [0.2, 0.25) is 5.91 Å². The molecule has 0 unspecified atom stereocenters. The van der Waals surface area contributed by atoms with Crippen molar-refractivity contribution in [2.24, 2.45) is 28.9 Å². The van der Waals surface area contributed by atoms with Gasteiger partial charge in [0.25, 0.3) is 0 Å². The van der Waals surface area contributed by atoms with Crippen molar-refractivity contribution >= 4 is 11.9 Å². The van der Waals surface area contributed by atoms with Gasteiger partial charge in [0.15, 0.2) is 0 Å². The number of imide groups is 1. The van der Waals surface area contributed by atoms with Gasteiger partial charge in [-0.25, -0.2) is 4.79 Å². The van der Waals surface area contributed by atoms with Crippen molar-refractivity contribution in [1.82, 2.24) is 10.6 Å². The van der Waals surface area contributed by atoms with E-state index in [0.717, 1.165) is 17.8 Å². The van der Waals surface area contributed by atoms with Crippen LogP contribution in [0.4, 0.5) is 4.79 Å². The molecule has 4 aliphatic carbocycles. The topological polar surface area (TPSA) is 84.2 Å². The Kier molecular flexibility index (Phi) is 3.72. The highest BCUT2D eigenvalue weighted by Gasteiger charge is 2.53. The Bertz CT molecular complexity index is 414. The molecule has 118 valence electrons. The van der Waals surface area contributed by atoms with E-state index in [4.69, 9.17) is 5.73 Å². The molecule has 3 amide bonds. The van der Waals surface area contributed by atoms with Crippen molar-refractivity contribution in [1.29, 1.82) is 0 Å². The number of primary amides is 1. The molecule has 0 heterocycles. The molecule has 0 radical (unpaired) electrons. The third kappa shape index (κ3) is 2.80. The van der Waals surface area contributed by atoms with Crippen molar-refractivity contribution in [3.8, 4) is 0 Å². The zero-order chi connectivity index (χ0) is 15.2. The van der Waals surface area contributed by atoms with E-state index in [-0.39, 0.29) is 11.9 Å². The molecular weight excluding hydrogens is 266 g/mol. The molecule has 4 N–H and O–H groups in total. The summed E-state index contributed by atoms with van der Waals surface area (Å²) in [6.45, 7) is 4.01. The van der Waals surface area contributed by atoms with Gasteiger partial charge in [-0.3, -0.25) is 10.1 Å².